The van der Waals surface area contributed by atoms with Crippen LogP contribution in [0.3, 0.4) is 0 Å². The molecule has 0 bridgehead atoms. The first kappa shape index (κ1) is 14.7. The summed E-state index contributed by atoms with van der Waals surface area (Å²) in [6, 6.07) is 13.5. The van der Waals surface area contributed by atoms with Crippen molar-refractivity contribution in [1.82, 2.24) is 30.0 Å². The molecule has 0 fully saturated rings. The van der Waals surface area contributed by atoms with Crippen LogP contribution in [0.25, 0.3) is 16.9 Å². The fourth-order valence-electron chi connectivity index (χ4n) is 2.30. The monoisotopic (exact) mass is 333 g/mol. The zero-order valence-electron chi connectivity index (χ0n) is 12.7. The normalized spacial score (nSPS) is 10.7. The summed E-state index contributed by atoms with van der Waals surface area (Å²) in [5.41, 5.74) is 2.52. The lowest BCUT2D eigenvalue weighted by Gasteiger charge is -2.07. The van der Waals surface area contributed by atoms with E-state index < -0.39 is 5.91 Å². The van der Waals surface area contributed by atoms with Crippen LogP contribution in [0.2, 0.25) is 0 Å². The fraction of sp³-hybridized carbons (Fsp3) is 0. The van der Waals surface area contributed by atoms with Crippen molar-refractivity contribution >= 4 is 17.2 Å². The van der Waals surface area contributed by atoms with E-state index in [4.69, 9.17) is 0 Å². The second-order valence-corrected chi connectivity index (χ2v) is 5.19. The van der Waals surface area contributed by atoms with E-state index in [1.54, 1.807) is 16.6 Å². The maximum Gasteiger partial charge on any atom is 0.276 e. The van der Waals surface area contributed by atoms with Crippen LogP contribution in [-0.4, -0.2) is 35.9 Å². The van der Waals surface area contributed by atoms with Gasteiger partial charge in [-0.15, -0.1) is 10.2 Å². The van der Waals surface area contributed by atoms with Gasteiger partial charge in [0.25, 0.3) is 11.5 Å². The lowest BCUT2D eigenvalue weighted by Crippen LogP contribution is -2.17. The molecule has 4 rings (SSSR count). The smallest absolute Gasteiger partial charge is 0.276 e. The number of fused-ring (bicyclic) bond motifs is 1. The maximum absolute atomic E-state index is 12.2. The molecule has 0 saturated heterocycles. The van der Waals surface area contributed by atoms with E-state index in [1.165, 1.54) is 18.5 Å². The summed E-state index contributed by atoms with van der Waals surface area (Å²) >= 11 is 0. The zero-order valence-corrected chi connectivity index (χ0v) is 12.7. The lowest BCUT2D eigenvalue weighted by atomic mass is 10.1. The van der Waals surface area contributed by atoms with Crippen molar-refractivity contribution in [3.63, 3.8) is 0 Å². The van der Waals surface area contributed by atoms with Gasteiger partial charge < -0.3 is 5.32 Å². The SMILES string of the molecule is O=C(Nc1cccc(-c2ccc3nncn3n2)c1)c1ccc(=O)[nH]n1. The van der Waals surface area contributed by atoms with Crippen LogP contribution in [0.5, 0.6) is 0 Å². The predicted octanol–water partition coefficient (Wildman–Crippen LogP) is 1.13. The summed E-state index contributed by atoms with van der Waals surface area (Å²) in [6.07, 6.45) is 1.52. The number of hydrogen-bond donors (Lipinski definition) is 2. The Kier molecular flexibility index (Phi) is 3.51. The molecule has 0 aliphatic rings. The van der Waals surface area contributed by atoms with Gasteiger partial charge in [0, 0.05) is 17.3 Å². The highest BCUT2D eigenvalue weighted by Crippen LogP contribution is 2.21. The molecule has 1 amide bonds. The molecule has 1 aromatic carbocycles. The lowest BCUT2D eigenvalue weighted by molar-refractivity contribution is 0.102. The average molecular weight is 333 g/mol. The molecular weight excluding hydrogens is 322 g/mol. The average Bonchev–Trinajstić information content (AvgIpc) is 3.10. The van der Waals surface area contributed by atoms with Crippen LogP contribution in [0, 0.1) is 0 Å². The van der Waals surface area contributed by atoms with Gasteiger partial charge in [0.15, 0.2) is 5.65 Å². The minimum Gasteiger partial charge on any atom is -0.321 e. The van der Waals surface area contributed by atoms with E-state index in [9.17, 15) is 9.59 Å². The molecule has 25 heavy (non-hydrogen) atoms. The number of amides is 1. The van der Waals surface area contributed by atoms with Crippen LogP contribution in [-0.2, 0) is 0 Å². The molecule has 0 radical (unpaired) electrons. The van der Waals surface area contributed by atoms with Crippen molar-refractivity contribution < 1.29 is 4.79 Å². The van der Waals surface area contributed by atoms with Gasteiger partial charge in [-0.3, -0.25) is 9.59 Å². The van der Waals surface area contributed by atoms with Gasteiger partial charge >= 0.3 is 0 Å². The highest BCUT2D eigenvalue weighted by atomic mass is 16.2. The quantitative estimate of drug-likeness (QED) is 0.580. The van der Waals surface area contributed by atoms with Crippen molar-refractivity contribution in [3.05, 3.63) is 70.9 Å². The van der Waals surface area contributed by atoms with Crippen LogP contribution in [0.4, 0.5) is 5.69 Å². The van der Waals surface area contributed by atoms with Crippen molar-refractivity contribution in [2.45, 2.75) is 0 Å². The Morgan fingerprint density at radius 2 is 2.04 bits per heavy atom. The summed E-state index contributed by atoms with van der Waals surface area (Å²) in [4.78, 5) is 23.2. The standard InChI is InChI=1S/C16H11N7O2/c24-15-7-5-13(19-21-15)16(25)18-11-3-1-2-10(8-11)12-4-6-14-20-17-9-23(14)22-12/h1-9H,(H,18,25)(H,21,24). The number of rotatable bonds is 3. The molecule has 4 aromatic rings. The highest BCUT2D eigenvalue weighted by Gasteiger charge is 2.09. The third-order valence-electron chi connectivity index (χ3n) is 3.49. The molecule has 9 nitrogen and oxygen atoms in total. The van der Waals surface area contributed by atoms with Crippen molar-refractivity contribution in [1.29, 1.82) is 0 Å². The Morgan fingerprint density at radius 1 is 1.12 bits per heavy atom. The first-order valence-corrected chi connectivity index (χ1v) is 7.34. The maximum atomic E-state index is 12.2. The first-order valence-electron chi connectivity index (χ1n) is 7.34. The van der Waals surface area contributed by atoms with E-state index in [0.29, 0.717) is 17.0 Å². The first-order chi connectivity index (χ1) is 12.2. The number of carbonyl (C=O) groups is 1. The third kappa shape index (κ3) is 2.98. The molecule has 0 saturated carbocycles. The number of carbonyl (C=O) groups excluding carboxylic acids is 1. The van der Waals surface area contributed by atoms with E-state index in [1.807, 2.05) is 24.3 Å². The van der Waals surface area contributed by atoms with Crippen LogP contribution >= 0.6 is 0 Å². The molecule has 0 aliphatic carbocycles. The van der Waals surface area contributed by atoms with Crippen LogP contribution < -0.4 is 10.9 Å². The number of nitrogens with zero attached hydrogens (tertiary/aromatic N) is 5. The Hall–Kier alpha value is -3.88. The van der Waals surface area contributed by atoms with Crippen LogP contribution in [0.1, 0.15) is 10.5 Å². The summed E-state index contributed by atoms with van der Waals surface area (Å²) in [6.45, 7) is 0. The van der Waals surface area contributed by atoms with Gasteiger partial charge in [-0.05, 0) is 30.3 Å². The molecule has 0 aliphatic heterocycles. The molecule has 9 heteroatoms. The highest BCUT2D eigenvalue weighted by molar-refractivity contribution is 6.02. The minimum atomic E-state index is -0.421. The molecule has 0 atom stereocenters. The van der Waals surface area contributed by atoms with E-state index in [2.05, 4.69) is 30.8 Å². The van der Waals surface area contributed by atoms with E-state index >= 15 is 0 Å². The van der Waals surface area contributed by atoms with Gasteiger partial charge in [-0.1, -0.05) is 12.1 Å². The Bertz CT molecular complexity index is 1110. The number of aromatic amines is 1. The number of anilines is 1. The minimum absolute atomic E-state index is 0.119. The number of benzene rings is 1. The molecule has 2 N–H and O–H groups in total. The number of hydrogen-bond acceptors (Lipinski definition) is 6. The summed E-state index contributed by atoms with van der Waals surface area (Å²) in [5.74, 6) is -0.421. The van der Waals surface area contributed by atoms with Crippen molar-refractivity contribution in [2.24, 2.45) is 0 Å². The Balaban J connectivity index is 1.61. The summed E-state index contributed by atoms with van der Waals surface area (Å²) < 4.78 is 1.57. The number of H-pyrrole nitrogens is 1. The summed E-state index contributed by atoms with van der Waals surface area (Å²) in [5, 5.41) is 20.8. The molecule has 3 heterocycles. The molecule has 122 valence electrons. The van der Waals surface area contributed by atoms with E-state index in [0.717, 1.165) is 5.56 Å². The Morgan fingerprint density at radius 3 is 2.88 bits per heavy atom. The molecule has 0 unspecified atom stereocenters. The predicted molar refractivity (Wildman–Crippen MR) is 89.0 cm³/mol. The molecule has 3 aromatic heterocycles. The second-order valence-electron chi connectivity index (χ2n) is 5.19. The van der Waals surface area contributed by atoms with Gasteiger partial charge in [-0.25, -0.2) is 5.10 Å². The fourth-order valence-corrected chi connectivity index (χ4v) is 2.30. The van der Waals surface area contributed by atoms with Crippen molar-refractivity contribution in [3.8, 4) is 11.3 Å². The third-order valence-corrected chi connectivity index (χ3v) is 3.49. The van der Waals surface area contributed by atoms with Crippen molar-refractivity contribution in [2.75, 3.05) is 5.32 Å². The second kappa shape index (κ2) is 5.96. The topological polar surface area (TPSA) is 118 Å². The molecular formula is C16H11N7O2. The van der Waals surface area contributed by atoms with Crippen LogP contribution in [0.15, 0.2) is 59.7 Å². The Labute approximate surface area is 140 Å². The van der Waals surface area contributed by atoms with E-state index in [-0.39, 0.29) is 11.3 Å². The van der Waals surface area contributed by atoms with Gasteiger partial charge in [0.05, 0.1) is 5.69 Å². The zero-order chi connectivity index (χ0) is 17.2. The summed E-state index contributed by atoms with van der Waals surface area (Å²) in [7, 11) is 0. The number of aromatic nitrogens is 6. The van der Waals surface area contributed by atoms with Gasteiger partial charge in [0.2, 0.25) is 0 Å². The molecule has 0 spiro atoms. The van der Waals surface area contributed by atoms with Gasteiger partial charge in [0.1, 0.15) is 12.0 Å². The van der Waals surface area contributed by atoms with Gasteiger partial charge in [-0.2, -0.15) is 14.7 Å². The largest absolute Gasteiger partial charge is 0.321 e. The number of nitrogens with one attached hydrogen (secondary N) is 2.